The summed E-state index contributed by atoms with van der Waals surface area (Å²) in [7, 11) is 0. The van der Waals surface area contributed by atoms with Gasteiger partial charge >= 0.3 is 0 Å². The van der Waals surface area contributed by atoms with Gasteiger partial charge in [0.25, 0.3) is 5.56 Å². The van der Waals surface area contributed by atoms with Gasteiger partial charge in [0.15, 0.2) is 5.76 Å². The van der Waals surface area contributed by atoms with Crippen molar-refractivity contribution in [2.75, 3.05) is 0 Å². The van der Waals surface area contributed by atoms with E-state index >= 15 is 0 Å². The van der Waals surface area contributed by atoms with Crippen LogP contribution in [0.15, 0.2) is 114 Å². The van der Waals surface area contributed by atoms with Crippen LogP contribution in [0.2, 0.25) is 5.02 Å². The second-order valence-corrected chi connectivity index (χ2v) is 10.9. The third-order valence-corrected chi connectivity index (χ3v) is 7.55. The average Bonchev–Trinajstić information content (AvgIpc) is 3.37. The number of rotatable bonds is 6. The highest BCUT2D eigenvalue weighted by Crippen LogP contribution is 2.28. The Hall–Kier alpha value is -3.72. The number of halogens is 3. The molecular formula is C30H18Br2ClN3O3. The summed E-state index contributed by atoms with van der Waals surface area (Å²) in [5.41, 5.74) is 2.49. The number of furan rings is 1. The van der Waals surface area contributed by atoms with E-state index in [4.69, 9.17) is 25.7 Å². The van der Waals surface area contributed by atoms with Crippen molar-refractivity contribution < 1.29 is 9.15 Å². The molecule has 0 aliphatic carbocycles. The Balaban J connectivity index is 1.43. The first-order valence-corrected chi connectivity index (χ1v) is 13.8. The summed E-state index contributed by atoms with van der Waals surface area (Å²) in [4.78, 5) is 18.3. The third kappa shape index (κ3) is 5.28. The van der Waals surface area contributed by atoms with E-state index in [9.17, 15) is 4.79 Å². The van der Waals surface area contributed by atoms with Crippen molar-refractivity contribution in [3.05, 3.63) is 126 Å². The minimum absolute atomic E-state index is 0.287. The maximum absolute atomic E-state index is 13.6. The van der Waals surface area contributed by atoms with Crippen molar-refractivity contribution in [1.29, 1.82) is 0 Å². The number of hydrogen-bond donors (Lipinski definition) is 0. The van der Waals surface area contributed by atoms with Crippen molar-refractivity contribution in [1.82, 2.24) is 9.66 Å². The van der Waals surface area contributed by atoms with E-state index in [1.165, 1.54) is 4.68 Å². The molecule has 2 heterocycles. The number of ether oxygens (including phenoxy) is 1. The van der Waals surface area contributed by atoms with Gasteiger partial charge < -0.3 is 9.15 Å². The molecule has 0 fully saturated rings. The molecule has 0 saturated heterocycles. The van der Waals surface area contributed by atoms with Crippen LogP contribution in [0.25, 0.3) is 33.5 Å². The first kappa shape index (κ1) is 25.6. The van der Waals surface area contributed by atoms with Gasteiger partial charge in [-0.05, 0) is 54.6 Å². The molecule has 6 aromatic rings. The Labute approximate surface area is 244 Å². The molecule has 39 heavy (non-hydrogen) atoms. The number of hydrogen-bond acceptors (Lipinski definition) is 5. The zero-order valence-corrected chi connectivity index (χ0v) is 24.1. The van der Waals surface area contributed by atoms with Gasteiger partial charge in [-0.15, -0.1) is 0 Å². The fourth-order valence-electron chi connectivity index (χ4n) is 4.15. The van der Waals surface area contributed by atoms with Gasteiger partial charge in [0.05, 0.1) is 17.1 Å². The highest BCUT2D eigenvalue weighted by Gasteiger charge is 2.16. The molecule has 9 heteroatoms. The van der Waals surface area contributed by atoms with Gasteiger partial charge in [0.2, 0.25) is 5.82 Å². The van der Waals surface area contributed by atoms with Gasteiger partial charge in [0.1, 0.15) is 17.9 Å². The van der Waals surface area contributed by atoms with Crippen molar-refractivity contribution in [2.24, 2.45) is 5.10 Å². The summed E-state index contributed by atoms with van der Waals surface area (Å²) in [6, 6.07) is 27.8. The quantitative estimate of drug-likeness (QED) is 0.168. The highest BCUT2D eigenvalue weighted by molar-refractivity contribution is 9.11. The first-order chi connectivity index (χ1) is 19.0. The van der Waals surface area contributed by atoms with Crippen LogP contribution < -0.4 is 10.3 Å². The Morgan fingerprint density at radius 3 is 2.64 bits per heavy atom. The number of aromatic nitrogens is 2. The molecular weight excluding hydrogens is 646 g/mol. The Bertz CT molecular complexity index is 1920. The maximum atomic E-state index is 13.6. The van der Waals surface area contributed by atoms with Gasteiger partial charge in [-0.3, -0.25) is 4.79 Å². The lowest BCUT2D eigenvalue weighted by atomic mass is 10.2. The van der Waals surface area contributed by atoms with Crippen LogP contribution in [0.1, 0.15) is 11.1 Å². The van der Waals surface area contributed by atoms with Gasteiger partial charge in [-0.2, -0.15) is 9.78 Å². The molecule has 0 N–H and O–H groups in total. The van der Waals surface area contributed by atoms with Crippen molar-refractivity contribution >= 4 is 71.5 Å². The molecule has 6 nitrogen and oxygen atoms in total. The fraction of sp³-hybridized carbons (Fsp3) is 0.0333. The van der Waals surface area contributed by atoms with E-state index in [0.717, 1.165) is 19.9 Å². The van der Waals surface area contributed by atoms with Crippen LogP contribution in [-0.4, -0.2) is 15.9 Å². The van der Waals surface area contributed by atoms with Gasteiger partial charge in [0, 0.05) is 30.5 Å². The summed E-state index contributed by atoms with van der Waals surface area (Å²) in [5, 5.41) is 6.41. The minimum atomic E-state index is -0.324. The Morgan fingerprint density at radius 1 is 0.974 bits per heavy atom. The number of benzene rings is 4. The van der Waals surface area contributed by atoms with E-state index in [1.54, 1.807) is 42.6 Å². The second-order valence-electron chi connectivity index (χ2n) is 8.67. The summed E-state index contributed by atoms with van der Waals surface area (Å²) in [5.74, 6) is 1.28. The van der Waals surface area contributed by atoms with E-state index in [1.807, 2.05) is 54.6 Å². The van der Waals surface area contributed by atoms with Crippen molar-refractivity contribution in [2.45, 2.75) is 6.61 Å². The lowest BCUT2D eigenvalue weighted by Crippen LogP contribution is -2.20. The average molecular weight is 664 g/mol. The Kier molecular flexibility index (Phi) is 7.08. The highest BCUT2D eigenvalue weighted by atomic mass is 79.9. The molecule has 0 aliphatic heterocycles. The van der Waals surface area contributed by atoms with Gasteiger partial charge in [-0.1, -0.05) is 79.9 Å². The largest absolute Gasteiger partial charge is 0.488 e. The van der Waals surface area contributed by atoms with E-state index in [0.29, 0.717) is 45.2 Å². The van der Waals surface area contributed by atoms with Crippen LogP contribution in [0.4, 0.5) is 0 Å². The molecule has 0 amide bonds. The Morgan fingerprint density at radius 2 is 1.79 bits per heavy atom. The zero-order valence-electron chi connectivity index (χ0n) is 20.1. The van der Waals surface area contributed by atoms with E-state index in [2.05, 4.69) is 37.0 Å². The number of nitrogens with zero attached hydrogens (tertiary/aromatic N) is 3. The van der Waals surface area contributed by atoms with Crippen LogP contribution in [-0.2, 0) is 6.61 Å². The molecule has 0 saturated carbocycles. The number of fused-ring (bicyclic) bond motifs is 2. The molecule has 0 spiro atoms. The summed E-state index contributed by atoms with van der Waals surface area (Å²) in [6.07, 6.45) is 1.54. The predicted molar refractivity (Wildman–Crippen MR) is 162 cm³/mol. The second kappa shape index (κ2) is 10.8. The standard InChI is InChI=1S/C30H18Br2ClN3O3/c31-21-10-9-19(24(32)15-21)17-38-26-12-11-22(33)13-20(26)16-34-36-29(28-14-18-5-1-4-8-27(18)39-28)35-25-7-3-2-6-23(25)30(36)37/h1-16H,17H2. The summed E-state index contributed by atoms with van der Waals surface area (Å²) >= 11 is 13.4. The van der Waals surface area contributed by atoms with Crippen LogP contribution >= 0.6 is 43.5 Å². The zero-order chi connectivity index (χ0) is 26.9. The molecule has 0 aliphatic rings. The van der Waals surface area contributed by atoms with Crippen molar-refractivity contribution in [3.63, 3.8) is 0 Å². The first-order valence-electron chi connectivity index (χ1n) is 11.9. The fourth-order valence-corrected chi connectivity index (χ4v) is 5.49. The number of para-hydroxylation sites is 2. The van der Waals surface area contributed by atoms with Gasteiger partial charge in [-0.25, -0.2) is 4.98 Å². The van der Waals surface area contributed by atoms with E-state index < -0.39 is 0 Å². The molecule has 0 radical (unpaired) electrons. The van der Waals surface area contributed by atoms with Crippen molar-refractivity contribution in [3.8, 4) is 17.3 Å². The molecule has 192 valence electrons. The van der Waals surface area contributed by atoms with E-state index in [-0.39, 0.29) is 11.4 Å². The third-order valence-electron chi connectivity index (χ3n) is 6.08. The summed E-state index contributed by atoms with van der Waals surface area (Å²) < 4.78 is 15.3. The summed E-state index contributed by atoms with van der Waals surface area (Å²) in [6.45, 7) is 0.318. The monoisotopic (exact) mass is 661 g/mol. The predicted octanol–water partition coefficient (Wildman–Crippen LogP) is 8.45. The molecule has 4 aromatic carbocycles. The minimum Gasteiger partial charge on any atom is -0.488 e. The lowest BCUT2D eigenvalue weighted by Gasteiger charge is -2.11. The lowest BCUT2D eigenvalue weighted by molar-refractivity contribution is 0.305. The van der Waals surface area contributed by atoms with Crippen LogP contribution in [0, 0.1) is 0 Å². The molecule has 2 aromatic heterocycles. The molecule has 0 unspecified atom stereocenters. The maximum Gasteiger partial charge on any atom is 0.282 e. The molecule has 0 bridgehead atoms. The smallest absolute Gasteiger partial charge is 0.282 e. The normalized spacial score (nSPS) is 11.6. The SMILES string of the molecule is O=c1c2ccccc2nc(-c2cc3ccccc3o2)n1N=Cc1cc(Cl)ccc1OCc1ccc(Br)cc1Br. The van der Waals surface area contributed by atoms with Crippen LogP contribution in [0.3, 0.4) is 0 Å². The molecule has 0 atom stereocenters. The molecule has 6 rings (SSSR count). The van der Waals surface area contributed by atoms with Crippen LogP contribution in [0.5, 0.6) is 5.75 Å². The topological polar surface area (TPSA) is 69.6 Å².